The summed E-state index contributed by atoms with van der Waals surface area (Å²) in [6.45, 7) is 0. The van der Waals surface area contributed by atoms with Gasteiger partial charge in [0.2, 0.25) is 5.89 Å². The van der Waals surface area contributed by atoms with Gasteiger partial charge in [-0.3, -0.25) is 0 Å². The first-order chi connectivity index (χ1) is 8.15. The summed E-state index contributed by atoms with van der Waals surface area (Å²) in [7, 11) is 3.76. The molecule has 0 fully saturated rings. The highest BCUT2D eigenvalue weighted by Gasteiger charge is 2.07. The standard InChI is InChI=1S/C12H14BrN3O/c1-16(2)12-15-14-11(17-12)7-6-9-4-3-5-10(13)8-9/h3-5,8H,6-7H2,1-2H3. The Kier molecular flexibility index (Phi) is 3.78. The van der Waals surface area contributed by atoms with Crippen LogP contribution in [-0.4, -0.2) is 24.3 Å². The van der Waals surface area contributed by atoms with Crippen LogP contribution in [0.25, 0.3) is 0 Å². The average molecular weight is 296 g/mol. The summed E-state index contributed by atoms with van der Waals surface area (Å²) in [4.78, 5) is 1.80. The lowest BCUT2D eigenvalue weighted by Crippen LogP contribution is -2.08. The van der Waals surface area contributed by atoms with Crippen molar-refractivity contribution in [3.8, 4) is 0 Å². The van der Waals surface area contributed by atoms with E-state index in [0.29, 0.717) is 11.9 Å². The topological polar surface area (TPSA) is 42.2 Å². The number of benzene rings is 1. The molecule has 0 saturated heterocycles. The molecule has 0 radical (unpaired) electrons. The van der Waals surface area contributed by atoms with Gasteiger partial charge in [-0.2, -0.15) is 0 Å². The lowest BCUT2D eigenvalue weighted by molar-refractivity contribution is 0.494. The predicted octanol–water partition coefficient (Wildman–Crippen LogP) is 2.68. The molecule has 17 heavy (non-hydrogen) atoms. The van der Waals surface area contributed by atoms with Gasteiger partial charge in [0.1, 0.15) is 0 Å². The molecular weight excluding hydrogens is 282 g/mol. The van der Waals surface area contributed by atoms with Crippen molar-refractivity contribution in [2.24, 2.45) is 0 Å². The molecule has 0 bridgehead atoms. The van der Waals surface area contributed by atoms with Gasteiger partial charge in [-0.05, 0) is 24.1 Å². The van der Waals surface area contributed by atoms with Crippen LogP contribution in [0.15, 0.2) is 33.2 Å². The minimum Gasteiger partial charge on any atom is -0.408 e. The van der Waals surface area contributed by atoms with Gasteiger partial charge >= 0.3 is 6.01 Å². The third-order valence-electron chi connectivity index (χ3n) is 2.36. The third-order valence-corrected chi connectivity index (χ3v) is 2.85. The third kappa shape index (κ3) is 3.30. The van der Waals surface area contributed by atoms with Crippen LogP contribution in [0.4, 0.5) is 6.01 Å². The fraction of sp³-hybridized carbons (Fsp3) is 0.333. The molecule has 2 aromatic rings. The Labute approximate surface area is 109 Å². The summed E-state index contributed by atoms with van der Waals surface area (Å²) in [6, 6.07) is 8.78. The molecule has 0 atom stereocenters. The van der Waals surface area contributed by atoms with Gasteiger partial charge in [0.25, 0.3) is 0 Å². The molecule has 0 spiro atoms. The summed E-state index contributed by atoms with van der Waals surface area (Å²) in [5, 5.41) is 7.95. The monoisotopic (exact) mass is 295 g/mol. The van der Waals surface area contributed by atoms with E-state index in [1.807, 2.05) is 26.2 Å². The van der Waals surface area contributed by atoms with Crippen molar-refractivity contribution in [2.45, 2.75) is 12.8 Å². The van der Waals surface area contributed by atoms with E-state index in [9.17, 15) is 0 Å². The Hall–Kier alpha value is -1.36. The summed E-state index contributed by atoms with van der Waals surface area (Å²) in [5.74, 6) is 0.675. The maximum Gasteiger partial charge on any atom is 0.317 e. The number of rotatable bonds is 4. The maximum atomic E-state index is 5.49. The molecule has 0 aliphatic carbocycles. The van der Waals surface area contributed by atoms with Crippen molar-refractivity contribution in [3.63, 3.8) is 0 Å². The van der Waals surface area contributed by atoms with Crippen molar-refractivity contribution in [3.05, 3.63) is 40.2 Å². The Bertz CT molecular complexity index is 496. The SMILES string of the molecule is CN(C)c1nnc(CCc2cccc(Br)c2)o1. The van der Waals surface area contributed by atoms with Crippen molar-refractivity contribution in [2.75, 3.05) is 19.0 Å². The van der Waals surface area contributed by atoms with Crippen molar-refractivity contribution in [1.29, 1.82) is 0 Å². The largest absolute Gasteiger partial charge is 0.408 e. The smallest absolute Gasteiger partial charge is 0.317 e. The van der Waals surface area contributed by atoms with E-state index in [0.717, 1.165) is 17.3 Å². The Morgan fingerprint density at radius 1 is 1.24 bits per heavy atom. The second-order valence-electron chi connectivity index (χ2n) is 4.00. The molecular formula is C12H14BrN3O. The number of aryl methyl sites for hydroxylation is 2. The van der Waals surface area contributed by atoms with E-state index in [1.165, 1.54) is 5.56 Å². The van der Waals surface area contributed by atoms with E-state index >= 15 is 0 Å². The van der Waals surface area contributed by atoms with Gasteiger partial charge in [-0.25, -0.2) is 0 Å². The number of hydrogen-bond donors (Lipinski definition) is 0. The highest BCUT2D eigenvalue weighted by molar-refractivity contribution is 9.10. The molecule has 2 rings (SSSR count). The van der Waals surface area contributed by atoms with E-state index in [2.05, 4.69) is 38.3 Å². The van der Waals surface area contributed by atoms with Crippen LogP contribution in [0.5, 0.6) is 0 Å². The zero-order valence-corrected chi connectivity index (χ0v) is 11.4. The van der Waals surface area contributed by atoms with Gasteiger partial charge in [0, 0.05) is 25.0 Å². The van der Waals surface area contributed by atoms with Crippen molar-refractivity contribution in [1.82, 2.24) is 10.2 Å². The summed E-state index contributed by atoms with van der Waals surface area (Å²) in [6.07, 6.45) is 1.66. The lowest BCUT2D eigenvalue weighted by atomic mass is 10.1. The van der Waals surface area contributed by atoms with Gasteiger partial charge in [0.15, 0.2) is 0 Å². The lowest BCUT2D eigenvalue weighted by Gasteiger charge is -2.03. The number of halogens is 1. The zero-order valence-electron chi connectivity index (χ0n) is 9.85. The van der Waals surface area contributed by atoms with Crippen LogP contribution in [0.1, 0.15) is 11.5 Å². The van der Waals surface area contributed by atoms with Crippen LogP contribution in [0.2, 0.25) is 0 Å². The minimum absolute atomic E-state index is 0.550. The molecule has 0 saturated carbocycles. The highest BCUT2D eigenvalue weighted by Crippen LogP contribution is 2.15. The molecule has 0 aliphatic rings. The minimum atomic E-state index is 0.550. The summed E-state index contributed by atoms with van der Waals surface area (Å²) >= 11 is 3.45. The maximum absolute atomic E-state index is 5.49. The van der Waals surface area contributed by atoms with Gasteiger partial charge in [-0.15, -0.1) is 5.10 Å². The predicted molar refractivity (Wildman–Crippen MR) is 70.2 cm³/mol. The Morgan fingerprint density at radius 2 is 2.06 bits per heavy atom. The average Bonchev–Trinajstić information content (AvgIpc) is 2.75. The number of aromatic nitrogens is 2. The Morgan fingerprint density at radius 3 is 2.71 bits per heavy atom. The number of anilines is 1. The van der Waals surface area contributed by atoms with E-state index in [4.69, 9.17) is 4.42 Å². The quantitative estimate of drug-likeness (QED) is 0.870. The van der Waals surface area contributed by atoms with Crippen LogP contribution in [-0.2, 0) is 12.8 Å². The highest BCUT2D eigenvalue weighted by atomic mass is 79.9. The van der Waals surface area contributed by atoms with Crippen LogP contribution in [0, 0.1) is 0 Å². The van der Waals surface area contributed by atoms with E-state index in [-0.39, 0.29) is 0 Å². The molecule has 0 unspecified atom stereocenters. The first-order valence-corrected chi connectivity index (χ1v) is 6.18. The molecule has 0 N–H and O–H groups in total. The first-order valence-electron chi connectivity index (χ1n) is 5.39. The van der Waals surface area contributed by atoms with E-state index in [1.54, 1.807) is 4.90 Å². The van der Waals surface area contributed by atoms with Crippen molar-refractivity contribution >= 4 is 21.9 Å². The number of nitrogens with zero attached hydrogens (tertiary/aromatic N) is 3. The molecule has 1 aromatic heterocycles. The van der Waals surface area contributed by atoms with Crippen LogP contribution in [0.3, 0.4) is 0 Å². The second-order valence-corrected chi connectivity index (χ2v) is 4.92. The summed E-state index contributed by atoms with van der Waals surface area (Å²) in [5.41, 5.74) is 1.25. The molecule has 0 aliphatic heterocycles. The molecule has 1 heterocycles. The van der Waals surface area contributed by atoms with E-state index < -0.39 is 0 Å². The molecule has 0 amide bonds. The van der Waals surface area contributed by atoms with Gasteiger partial charge in [-0.1, -0.05) is 33.2 Å². The van der Waals surface area contributed by atoms with Crippen molar-refractivity contribution < 1.29 is 4.42 Å². The molecule has 1 aromatic carbocycles. The van der Waals surface area contributed by atoms with Crippen LogP contribution >= 0.6 is 15.9 Å². The first kappa shape index (κ1) is 12.1. The van der Waals surface area contributed by atoms with Gasteiger partial charge in [0.05, 0.1) is 0 Å². The number of hydrogen-bond acceptors (Lipinski definition) is 4. The fourth-order valence-corrected chi connectivity index (χ4v) is 1.92. The van der Waals surface area contributed by atoms with Crippen LogP contribution < -0.4 is 4.90 Å². The summed E-state index contributed by atoms with van der Waals surface area (Å²) < 4.78 is 6.58. The Balaban J connectivity index is 1.97. The second kappa shape index (κ2) is 5.31. The molecule has 4 nitrogen and oxygen atoms in total. The fourth-order valence-electron chi connectivity index (χ4n) is 1.47. The molecule has 90 valence electrons. The zero-order chi connectivity index (χ0) is 12.3. The normalized spacial score (nSPS) is 10.5. The molecule has 5 heteroatoms. The van der Waals surface area contributed by atoms with Gasteiger partial charge < -0.3 is 9.32 Å².